The average Bonchev–Trinajstić information content (AvgIpc) is 3.19. The van der Waals surface area contributed by atoms with Gasteiger partial charge in [-0.05, 0) is 30.2 Å². The molecule has 3 aromatic rings. The fraction of sp³-hybridized carbons (Fsp3) is 0.143. The molecule has 0 radical (unpaired) electrons. The average molecular weight is 434 g/mol. The first-order valence-electron chi connectivity index (χ1n) is 8.60. The van der Waals surface area contributed by atoms with Gasteiger partial charge in [0, 0.05) is 22.8 Å². The molecule has 0 saturated heterocycles. The number of allylic oxidation sites excluding steroid dienone is 1. The summed E-state index contributed by atoms with van der Waals surface area (Å²) in [5.41, 5.74) is 2.33. The van der Waals surface area contributed by atoms with Crippen LogP contribution in [-0.4, -0.2) is 4.98 Å². The van der Waals surface area contributed by atoms with E-state index in [-0.39, 0.29) is 16.3 Å². The van der Waals surface area contributed by atoms with Gasteiger partial charge in [-0.2, -0.15) is 18.4 Å². The highest BCUT2D eigenvalue weighted by Crippen LogP contribution is 2.36. The monoisotopic (exact) mass is 433 g/mol. The molecule has 1 aromatic heterocycles. The number of halogens is 4. The van der Waals surface area contributed by atoms with Crippen LogP contribution in [0.1, 0.15) is 23.1 Å². The van der Waals surface area contributed by atoms with Gasteiger partial charge >= 0.3 is 6.18 Å². The van der Waals surface area contributed by atoms with Gasteiger partial charge in [0.15, 0.2) is 0 Å². The molecule has 0 bridgehead atoms. The summed E-state index contributed by atoms with van der Waals surface area (Å²) in [5.74, 6) is 0. The Labute approximate surface area is 175 Å². The number of rotatable bonds is 5. The van der Waals surface area contributed by atoms with E-state index in [0.29, 0.717) is 5.01 Å². The lowest BCUT2D eigenvalue weighted by Crippen LogP contribution is -2.06. The minimum absolute atomic E-state index is 0.168. The molecule has 0 fully saturated rings. The van der Waals surface area contributed by atoms with Crippen molar-refractivity contribution < 1.29 is 13.2 Å². The van der Waals surface area contributed by atoms with Gasteiger partial charge in [-0.3, -0.25) is 0 Å². The van der Waals surface area contributed by atoms with E-state index in [1.165, 1.54) is 29.2 Å². The van der Waals surface area contributed by atoms with Crippen LogP contribution in [0.3, 0.4) is 0 Å². The fourth-order valence-electron chi connectivity index (χ4n) is 2.57. The smallest absolute Gasteiger partial charge is 0.360 e. The molecule has 0 aliphatic heterocycles. The summed E-state index contributed by atoms with van der Waals surface area (Å²) >= 11 is 6.91. The predicted octanol–water partition coefficient (Wildman–Crippen LogP) is 7.02. The van der Waals surface area contributed by atoms with Crippen LogP contribution < -0.4 is 5.32 Å². The number of anilines is 1. The Morgan fingerprint density at radius 2 is 1.97 bits per heavy atom. The van der Waals surface area contributed by atoms with Gasteiger partial charge in [-0.25, -0.2) is 4.98 Å². The number of nitrogens with zero attached hydrogens (tertiary/aromatic N) is 2. The number of aromatic nitrogens is 1. The number of hydrogen-bond acceptors (Lipinski definition) is 4. The Morgan fingerprint density at radius 3 is 2.59 bits per heavy atom. The van der Waals surface area contributed by atoms with E-state index >= 15 is 0 Å². The highest BCUT2D eigenvalue weighted by molar-refractivity contribution is 7.11. The summed E-state index contributed by atoms with van der Waals surface area (Å²) < 4.78 is 38.9. The van der Waals surface area contributed by atoms with Crippen LogP contribution in [0.15, 0.2) is 54.0 Å². The number of alkyl halides is 3. The number of benzene rings is 2. The molecule has 0 spiro atoms. The summed E-state index contributed by atoms with van der Waals surface area (Å²) in [4.78, 5) is 4.48. The quantitative estimate of drug-likeness (QED) is 0.440. The molecule has 2 aromatic carbocycles. The van der Waals surface area contributed by atoms with Gasteiger partial charge < -0.3 is 5.32 Å². The van der Waals surface area contributed by atoms with Crippen molar-refractivity contribution in [2.45, 2.75) is 19.5 Å². The van der Waals surface area contributed by atoms with Crippen molar-refractivity contribution in [1.29, 1.82) is 5.26 Å². The number of nitriles is 1. The highest BCUT2D eigenvalue weighted by Gasteiger charge is 2.33. The van der Waals surface area contributed by atoms with Crippen LogP contribution >= 0.6 is 22.9 Å². The molecule has 0 atom stereocenters. The van der Waals surface area contributed by atoms with Gasteiger partial charge in [-0.1, -0.05) is 42.8 Å². The van der Waals surface area contributed by atoms with Gasteiger partial charge in [0.1, 0.15) is 16.6 Å². The molecule has 148 valence electrons. The van der Waals surface area contributed by atoms with E-state index in [4.69, 9.17) is 11.6 Å². The highest BCUT2D eigenvalue weighted by atomic mass is 35.5. The summed E-state index contributed by atoms with van der Waals surface area (Å²) in [6.45, 7) is 2.07. The van der Waals surface area contributed by atoms with Crippen molar-refractivity contribution in [3.8, 4) is 17.3 Å². The van der Waals surface area contributed by atoms with Crippen LogP contribution in [0.2, 0.25) is 5.02 Å². The molecule has 1 heterocycles. The first kappa shape index (κ1) is 20.9. The standard InChI is InChI=1S/C21H15ClF3N3S/c1-2-13-3-5-14(6-4-13)19-12-29-20(28-19)15(10-26)11-27-16-7-8-18(22)17(9-16)21(23,24)25/h3-9,11-12,27H,2H2,1H3. The maximum absolute atomic E-state index is 13.0. The van der Waals surface area contributed by atoms with E-state index in [2.05, 4.69) is 17.2 Å². The Hall–Kier alpha value is -2.82. The number of hydrogen-bond donors (Lipinski definition) is 1. The first-order valence-corrected chi connectivity index (χ1v) is 9.86. The van der Waals surface area contributed by atoms with E-state index in [1.54, 1.807) is 0 Å². The molecule has 0 unspecified atom stereocenters. The number of nitrogens with one attached hydrogen (secondary N) is 1. The second-order valence-electron chi connectivity index (χ2n) is 6.09. The Bertz CT molecular complexity index is 1080. The summed E-state index contributed by atoms with van der Waals surface area (Å²) in [6.07, 6.45) is -2.28. The fourth-order valence-corrected chi connectivity index (χ4v) is 3.59. The van der Waals surface area contributed by atoms with Crippen molar-refractivity contribution in [1.82, 2.24) is 4.98 Å². The second kappa shape index (κ2) is 8.68. The summed E-state index contributed by atoms with van der Waals surface area (Å²) in [5, 5.41) is 14.1. The zero-order chi connectivity index (χ0) is 21.0. The van der Waals surface area contributed by atoms with E-state index in [0.717, 1.165) is 29.8 Å². The minimum Gasteiger partial charge on any atom is -0.360 e. The van der Waals surface area contributed by atoms with Crippen LogP contribution in [0.5, 0.6) is 0 Å². The topological polar surface area (TPSA) is 48.7 Å². The van der Waals surface area contributed by atoms with Crippen LogP contribution in [0, 0.1) is 11.3 Å². The lowest BCUT2D eigenvalue weighted by molar-refractivity contribution is -0.137. The second-order valence-corrected chi connectivity index (χ2v) is 7.36. The molecule has 0 amide bonds. The molecule has 3 rings (SSSR count). The van der Waals surface area contributed by atoms with Crippen molar-refractivity contribution in [2.24, 2.45) is 0 Å². The Kier molecular flexibility index (Phi) is 6.26. The summed E-state index contributed by atoms with van der Waals surface area (Å²) in [7, 11) is 0. The molecular formula is C21H15ClF3N3S. The molecule has 29 heavy (non-hydrogen) atoms. The third-order valence-electron chi connectivity index (χ3n) is 4.17. The van der Waals surface area contributed by atoms with Gasteiger partial charge in [-0.15, -0.1) is 11.3 Å². The molecule has 0 aliphatic carbocycles. The zero-order valence-corrected chi connectivity index (χ0v) is 16.8. The molecular weight excluding hydrogens is 419 g/mol. The van der Waals surface area contributed by atoms with E-state index in [9.17, 15) is 18.4 Å². The van der Waals surface area contributed by atoms with Crippen molar-refractivity contribution in [2.75, 3.05) is 5.32 Å². The minimum atomic E-state index is -4.56. The lowest BCUT2D eigenvalue weighted by atomic mass is 10.1. The van der Waals surface area contributed by atoms with E-state index < -0.39 is 11.7 Å². The SMILES string of the molecule is CCc1ccc(-c2csc(C(C#N)=CNc3ccc(Cl)c(C(F)(F)F)c3)n2)cc1. The third-order valence-corrected chi connectivity index (χ3v) is 5.37. The first-order chi connectivity index (χ1) is 13.8. The number of aryl methyl sites for hydroxylation is 1. The normalized spacial score (nSPS) is 11.9. The Balaban J connectivity index is 1.82. The Morgan fingerprint density at radius 1 is 1.24 bits per heavy atom. The maximum atomic E-state index is 13.0. The van der Waals surface area contributed by atoms with Crippen LogP contribution in [-0.2, 0) is 12.6 Å². The van der Waals surface area contributed by atoms with Crippen molar-refractivity contribution in [3.05, 3.63) is 75.2 Å². The third kappa shape index (κ3) is 4.97. The van der Waals surface area contributed by atoms with Crippen LogP contribution in [0.25, 0.3) is 16.8 Å². The molecule has 3 nitrogen and oxygen atoms in total. The maximum Gasteiger partial charge on any atom is 0.417 e. The van der Waals surface area contributed by atoms with Gasteiger partial charge in [0.2, 0.25) is 0 Å². The van der Waals surface area contributed by atoms with Crippen molar-refractivity contribution in [3.63, 3.8) is 0 Å². The predicted molar refractivity (Wildman–Crippen MR) is 111 cm³/mol. The molecule has 1 N–H and O–H groups in total. The van der Waals surface area contributed by atoms with Crippen LogP contribution in [0.4, 0.5) is 18.9 Å². The van der Waals surface area contributed by atoms with Crippen molar-refractivity contribution >= 4 is 34.2 Å². The number of thiazole rings is 1. The largest absolute Gasteiger partial charge is 0.417 e. The molecule has 0 saturated carbocycles. The molecule has 8 heteroatoms. The van der Waals surface area contributed by atoms with Gasteiger partial charge in [0.05, 0.1) is 16.3 Å². The van der Waals surface area contributed by atoms with Gasteiger partial charge in [0.25, 0.3) is 0 Å². The summed E-state index contributed by atoms with van der Waals surface area (Å²) in [6, 6.07) is 13.5. The lowest BCUT2D eigenvalue weighted by Gasteiger charge is -2.10. The zero-order valence-electron chi connectivity index (χ0n) is 15.2. The van der Waals surface area contributed by atoms with E-state index in [1.807, 2.05) is 35.7 Å². The molecule has 0 aliphatic rings.